The number of likely N-dealkylation sites (tertiary alicyclic amines) is 1. The maximum Gasteiger partial charge on any atom is 0.235 e. The topological polar surface area (TPSA) is 66.9 Å². The maximum absolute atomic E-state index is 13.8. The van der Waals surface area contributed by atoms with Crippen molar-refractivity contribution < 1.29 is 19.1 Å². The molecule has 0 radical (unpaired) electrons. The fraction of sp³-hybridized carbons (Fsp3) is 0.320. The lowest BCUT2D eigenvalue weighted by molar-refractivity contribution is -0.140. The lowest BCUT2D eigenvalue weighted by Crippen LogP contribution is -2.48. The van der Waals surface area contributed by atoms with Crippen LogP contribution in [0.15, 0.2) is 54.6 Å². The fourth-order valence-electron chi connectivity index (χ4n) is 5.25. The number of carbonyl (C=O) groups is 3. The molecule has 0 bridgehead atoms. The van der Waals surface area contributed by atoms with Crippen molar-refractivity contribution in [1.82, 2.24) is 4.90 Å². The van der Waals surface area contributed by atoms with Crippen LogP contribution in [0.2, 0.25) is 5.02 Å². The first kappa shape index (κ1) is 20.9. The van der Waals surface area contributed by atoms with Gasteiger partial charge in [-0.15, -0.1) is 0 Å². The highest BCUT2D eigenvalue weighted by molar-refractivity contribution is 6.30. The molecule has 2 aromatic rings. The van der Waals surface area contributed by atoms with Gasteiger partial charge in [0, 0.05) is 36.5 Å². The van der Waals surface area contributed by atoms with Gasteiger partial charge in [0.15, 0.2) is 5.78 Å². The molecule has 0 aromatic heterocycles. The SMILES string of the molecule is COCCCN1C(=O)[C@@H]2[C@H](C1=O)[C@H]1C=Cc3ccccc3N1[C@@H]2C(=O)c1ccc(Cl)cc1. The molecule has 6 nitrogen and oxygen atoms in total. The van der Waals surface area contributed by atoms with Crippen molar-refractivity contribution in [3.63, 3.8) is 0 Å². The highest BCUT2D eigenvalue weighted by atomic mass is 35.5. The van der Waals surface area contributed by atoms with E-state index >= 15 is 0 Å². The van der Waals surface area contributed by atoms with Crippen LogP contribution in [-0.4, -0.2) is 54.8 Å². The average Bonchev–Trinajstić information content (AvgIpc) is 3.28. The zero-order chi connectivity index (χ0) is 22.4. The predicted octanol–water partition coefficient (Wildman–Crippen LogP) is 3.44. The van der Waals surface area contributed by atoms with Crippen LogP contribution in [0.4, 0.5) is 5.69 Å². The monoisotopic (exact) mass is 450 g/mol. The number of hydrogen-bond acceptors (Lipinski definition) is 5. The van der Waals surface area contributed by atoms with Crippen molar-refractivity contribution in [3.05, 3.63) is 70.8 Å². The number of carbonyl (C=O) groups excluding carboxylic acids is 3. The number of halogens is 1. The van der Waals surface area contributed by atoms with Crippen LogP contribution in [0.25, 0.3) is 6.08 Å². The first-order valence-corrected chi connectivity index (χ1v) is 11.1. The van der Waals surface area contributed by atoms with Gasteiger partial charge in [0.25, 0.3) is 0 Å². The zero-order valence-corrected chi connectivity index (χ0v) is 18.4. The Morgan fingerprint density at radius 3 is 2.50 bits per heavy atom. The second-order valence-corrected chi connectivity index (χ2v) is 8.79. The second-order valence-electron chi connectivity index (χ2n) is 8.36. The molecule has 2 aromatic carbocycles. The van der Waals surface area contributed by atoms with Crippen LogP contribution in [0, 0.1) is 11.8 Å². The molecule has 164 valence electrons. The van der Waals surface area contributed by atoms with E-state index in [4.69, 9.17) is 16.3 Å². The average molecular weight is 451 g/mol. The highest BCUT2D eigenvalue weighted by Crippen LogP contribution is 2.49. The van der Waals surface area contributed by atoms with Gasteiger partial charge in [-0.2, -0.15) is 0 Å². The summed E-state index contributed by atoms with van der Waals surface area (Å²) in [6, 6.07) is 13.3. The molecule has 2 fully saturated rings. The van der Waals surface area contributed by atoms with E-state index in [1.165, 1.54) is 4.90 Å². The van der Waals surface area contributed by atoms with Gasteiger partial charge in [0.1, 0.15) is 6.04 Å². The number of Topliss-reactive ketones (excluding diaryl/α,β-unsaturated/α-hetero) is 1. The molecule has 32 heavy (non-hydrogen) atoms. The lowest BCUT2D eigenvalue weighted by atomic mass is 9.86. The molecule has 3 heterocycles. The third kappa shape index (κ3) is 3.17. The van der Waals surface area contributed by atoms with Crippen LogP contribution in [0.1, 0.15) is 22.3 Å². The molecule has 5 rings (SSSR count). The summed E-state index contributed by atoms with van der Waals surface area (Å²) in [6.45, 7) is 0.760. The number of methoxy groups -OCH3 is 1. The molecule has 0 spiro atoms. The Morgan fingerprint density at radius 2 is 1.75 bits per heavy atom. The smallest absolute Gasteiger partial charge is 0.235 e. The first-order chi connectivity index (χ1) is 15.5. The third-order valence-corrected chi connectivity index (χ3v) is 6.89. The number of nitrogens with zero attached hydrogens (tertiary/aromatic N) is 2. The summed E-state index contributed by atoms with van der Waals surface area (Å²) in [5.74, 6) is -1.97. The summed E-state index contributed by atoms with van der Waals surface area (Å²) in [5, 5.41) is 0.534. The first-order valence-electron chi connectivity index (χ1n) is 10.7. The van der Waals surface area contributed by atoms with Gasteiger partial charge < -0.3 is 9.64 Å². The van der Waals surface area contributed by atoms with Gasteiger partial charge in [0.2, 0.25) is 11.8 Å². The maximum atomic E-state index is 13.8. The number of amides is 2. The Balaban J connectivity index is 1.58. The Bertz CT molecular complexity index is 1110. The van der Waals surface area contributed by atoms with Crippen LogP contribution < -0.4 is 4.90 Å². The third-order valence-electron chi connectivity index (χ3n) is 6.63. The zero-order valence-electron chi connectivity index (χ0n) is 17.6. The predicted molar refractivity (Wildman–Crippen MR) is 122 cm³/mol. The van der Waals surface area contributed by atoms with Gasteiger partial charge in [0.05, 0.1) is 17.9 Å². The summed E-state index contributed by atoms with van der Waals surface area (Å²) in [6.07, 6.45) is 4.50. The van der Waals surface area contributed by atoms with Crippen molar-refractivity contribution in [1.29, 1.82) is 0 Å². The van der Waals surface area contributed by atoms with Crippen molar-refractivity contribution in [2.75, 3.05) is 25.2 Å². The van der Waals surface area contributed by atoms with E-state index in [0.29, 0.717) is 30.2 Å². The molecule has 0 aliphatic carbocycles. The standard InChI is InChI=1S/C25H23ClN2O4/c1-32-14-4-13-27-24(30)20-19-12-9-15-5-2-3-6-18(15)28(19)22(21(20)25(27)31)23(29)16-7-10-17(26)11-8-16/h2-3,5-12,19-22H,4,13-14H2,1H3/t19-,20-,21-,22+/m1/s1. The molecule has 0 N–H and O–H groups in total. The largest absolute Gasteiger partial charge is 0.385 e. The van der Waals surface area contributed by atoms with Crippen LogP contribution in [-0.2, 0) is 14.3 Å². The number of fused-ring (bicyclic) bond motifs is 5. The Labute approximate surface area is 191 Å². The van der Waals surface area contributed by atoms with Crippen LogP contribution in [0.5, 0.6) is 0 Å². The molecule has 7 heteroatoms. The van der Waals surface area contributed by atoms with Crippen molar-refractivity contribution >= 4 is 41.0 Å². The van der Waals surface area contributed by atoms with E-state index in [9.17, 15) is 14.4 Å². The van der Waals surface area contributed by atoms with E-state index in [-0.39, 0.29) is 23.6 Å². The quantitative estimate of drug-likeness (QED) is 0.383. The summed E-state index contributed by atoms with van der Waals surface area (Å²) in [7, 11) is 1.59. The molecule has 4 atom stereocenters. The van der Waals surface area contributed by atoms with Gasteiger partial charge in [-0.05, 0) is 42.3 Å². The van der Waals surface area contributed by atoms with Crippen LogP contribution >= 0.6 is 11.6 Å². The summed E-state index contributed by atoms with van der Waals surface area (Å²) >= 11 is 6.02. The van der Waals surface area contributed by atoms with E-state index < -0.39 is 17.9 Å². The number of anilines is 1. The van der Waals surface area contributed by atoms with Gasteiger partial charge in [-0.1, -0.05) is 42.0 Å². The normalized spacial score (nSPS) is 25.7. The minimum absolute atomic E-state index is 0.177. The molecular weight excluding hydrogens is 428 g/mol. The Kier molecular flexibility index (Phi) is 5.35. The fourth-order valence-corrected chi connectivity index (χ4v) is 5.37. The molecular formula is C25H23ClN2O4. The minimum atomic E-state index is -0.763. The molecule has 2 amide bonds. The molecule has 0 unspecified atom stereocenters. The molecule has 3 aliphatic heterocycles. The van der Waals surface area contributed by atoms with Crippen molar-refractivity contribution in [2.45, 2.75) is 18.5 Å². The minimum Gasteiger partial charge on any atom is -0.385 e. The number of rotatable bonds is 6. The highest BCUT2D eigenvalue weighted by Gasteiger charge is 2.63. The van der Waals surface area contributed by atoms with E-state index in [1.807, 2.05) is 41.3 Å². The number of imide groups is 1. The molecule has 3 aliphatic rings. The molecule has 0 saturated carbocycles. The Hall–Kier alpha value is -2.96. The Morgan fingerprint density at radius 1 is 1.03 bits per heavy atom. The van der Waals surface area contributed by atoms with Gasteiger partial charge in [-0.25, -0.2) is 0 Å². The number of para-hydroxylation sites is 1. The van der Waals surface area contributed by atoms with E-state index in [1.54, 1.807) is 31.4 Å². The second kappa shape index (κ2) is 8.19. The van der Waals surface area contributed by atoms with E-state index in [2.05, 4.69) is 0 Å². The summed E-state index contributed by atoms with van der Waals surface area (Å²) < 4.78 is 5.08. The van der Waals surface area contributed by atoms with Gasteiger partial charge >= 0.3 is 0 Å². The number of ketones is 1. The number of benzene rings is 2. The van der Waals surface area contributed by atoms with E-state index in [0.717, 1.165) is 11.3 Å². The number of ether oxygens (including phenoxy) is 1. The van der Waals surface area contributed by atoms with Crippen molar-refractivity contribution in [3.8, 4) is 0 Å². The summed E-state index contributed by atoms with van der Waals surface area (Å²) in [4.78, 5) is 43.9. The van der Waals surface area contributed by atoms with Crippen molar-refractivity contribution in [2.24, 2.45) is 11.8 Å². The summed E-state index contributed by atoms with van der Waals surface area (Å²) in [5.41, 5.74) is 2.31. The van der Waals surface area contributed by atoms with Gasteiger partial charge in [-0.3, -0.25) is 19.3 Å². The van der Waals surface area contributed by atoms with Crippen LogP contribution in [0.3, 0.4) is 0 Å². The lowest BCUT2D eigenvalue weighted by Gasteiger charge is -2.36. The molecule has 2 saturated heterocycles. The number of hydrogen-bond donors (Lipinski definition) is 0.